The fourth-order valence-electron chi connectivity index (χ4n) is 4.14. The highest BCUT2D eigenvalue weighted by molar-refractivity contribution is 5.39. The molecule has 4 rings (SSSR count). The third kappa shape index (κ3) is 3.88. The molecule has 0 aromatic carbocycles. The summed E-state index contributed by atoms with van der Waals surface area (Å²) in [4.78, 5) is 7.25. The van der Waals surface area contributed by atoms with Crippen molar-refractivity contribution >= 4 is 5.65 Å². The van der Waals surface area contributed by atoms with Gasteiger partial charge in [-0.05, 0) is 30.0 Å². The van der Waals surface area contributed by atoms with Crippen LogP contribution in [0.2, 0.25) is 0 Å². The van der Waals surface area contributed by atoms with Crippen LogP contribution >= 0.6 is 0 Å². The largest absolute Gasteiger partial charge is 0.378 e. The summed E-state index contributed by atoms with van der Waals surface area (Å²) in [7, 11) is 0. The number of nitrogens with zero attached hydrogens (tertiary/aromatic N) is 3. The number of nitrogens with two attached hydrogens (primary N) is 1. The van der Waals surface area contributed by atoms with Crippen LogP contribution in [-0.4, -0.2) is 46.6 Å². The summed E-state index contributed by atoms with van der Waals surface area (Å²) < 4.78 is 7.62. The summed E-state index contributed by atoms with van der Waals surface area (Å²) in [5, 5.41) is 2.45. The Balaban J connectivity index is 1.46. The van der Waals surface area contributed by atoms with Gasteiger partial charge in [-0.15, -0.1) is 0 Å². The van der Waals surface area contributed by atoms with E-state index in [9.17, 15) is 0 Å². The van der Waals surface area contributed by atoms with E-state index in [1.807, 2.05) is 12.1 Å². The van der Waals surface area contributed by atoms with Gasteiger partial charge >= 0.3 is 0 Å². The molecule has 2 aromatic heterocycles. The molecule has 2 aromatic rings. The minimum atomic E-state index is 0.350. The van der Waals surface area contributed by atoms with E-state index in [2.05, 4.69) is 53.0 Å². The van der Waals surface area contributed by atoms with Crippen molar-refractivity contribution in [3.63, 3.8) is 0 Å². The summed E-state index contributed by atoms with van der Waals surface area (Å²) in [5.74, 6) is 0. The zero-order chi connectivity index (χ0) is 17.3. The Bertz CT molecular complexity index is 725. The molecule has 0 bridgehead atoms. The van der Waals surface area contributed by atoms with Gasteiger partial charge in [-0.25, -0.2) is 4.98 Å². The molecule has 0 radical (unpaired) electrons. The maximum absolute atomic E-state index is 5.52. The van der Waals surface area contributed by atoms with Crippen LogP contribution < -0.4 is 5.32 Å². The van der Waals surface area contributed by atoms with Gasteiger partial charge in [0.25, 0.3) is 0 Å². The maximum atomic E-state index is 5.52. The quantitative estimate of drug-likeness (QED) is 0.922. The summed E-state index contributed by atoms with van der Waals surface area (Å²) in [5.41, 5.74) is 4.04. The first-order valence-electron chi connectivity index (χ1n) is 9.38. The molecule has 1 fully saturated rings. The van der Waals surface area contributed by atoms with Crippen molar-refractivity contribution in [2.24, 2.45) is 5.41 Å². The average Bonchev–Trinajstić information content (AvgIpc) is 3.02. The third-order valence-corrected chi connectivity index (χ3v) is 5.32. The van der Waals surface area contributed by atoms with Gasteiger partial charge in [-0.3, -0.25) is 0 Å². The number of pyridine rings is 1. The topological polar surface area (TPSA) is 46.4 Å². The number of allylic oxidation sites excluding steroid dienone is 1. The highest BCUT2D eigenvalue weighted by Gasteiger charge is 2.33. The molecule has 0 spiro atoms. The first-order valence-corrected chi connectivity index (χ1v) is 9.38. The van der Waals surface area contributed by atoms with Gasteiger partial charge in [0.1, 0.15) is 23.9 Å². The maximum Gasteiger partial charge on any atom is 0.137 e. The Labute approximate surface area is 149 Å². The Morgan fingerprint density at radius 1 is 1.28 bits per heavy atom. The van der Waals surface area contributed by atoms with Crippen LogP contribution in [0.15, 0.2) is 42.4 Å². The third-order valence-electron chi connectivity index (χ3n) is 5.32. The second kappa shape index (κ2) is 6.81. The number of quaternary nitrogens is 1. The number of fused-ring (bicyclic) bond motifs is 1. The monoisotopic (exact) mass is 341 g/mol. The SMILES string of the molecule is CC1(C)CC(N2CCOCC2)=CC([NH2+]Cc2cn3ccccc3n2)C1. The van der Waals surface area contributed by atoms with Crippen molar-refractivity contribution in [3.8, 4) is 0 Å². The van der Waals surface area contributed by atoms with Crippen molar-refractivity contribution in [1.82, 2.24) is 14.3 Å². The predicted octanol–water partition coefficient (Wildman–Crippen LogP) is 1.80. The molecule has 5 nitrogen and oxygen atoms in total. The number of hydrogen-bond acceptors (Lipinski definition) is 3. The molecule has 0 saturated carbocycles. The van der Waals surface area contributed by atoms with Gasteiger partial charge in [0.05, 0.1) is 13.2 Å². The molecule has 2 aliphatic rings. The molecule has 25 heavy (non-hydrogen) atoms. The molecule has 0 amide bonds. The second-order valence-corrected chi connectivity index (χ2v) is 8.10. The first kappa shape index (κ1) is 16.6. The van der Waals surface area contributed by atoms with Crippen LogP contribution in [0.25, 0.3) is 5.65 Å². The van der Waals surface area contributed by atoms with E-state index in [0.717, 1.165) is 44.2 Å². The van der Waals surface area contributed by atoms with Gasteiger partial charge < -0.3 is 19.4 Å². The van der Waals surface area contributed by atoms with E-state index in [4.69, 9.17) is 9.72 Å². The van der Waals surface area contributed by atoms with Gasteiger partial charge in [-0.2, -0.15) is 0 Å². The molecule has 1 saturated heterocycles. The van der Waals surface area contributed by atoms with Crippen LogP contribution in [0.1, 0.15) is 32.4 Å². The van der Waals surface area contributed by atoms with Crippen molar-refractivity contribution in [2.45, 2.75) is 39.3 Å². The summed E-state index contributed by atoms with van der Waals surface area (Å²) >= 11 is 0. The van der Waals surface area contributed by atoms with Crippen LogP contribution in [0.5, 0.6) is 0 Å². The number of ether oxygens (including phenoxy) is 1. The highest BCUT2D eigenvalue weighted by Crippen LogP contribution is 2.36. The molecule has 1 atom stereocenters. The molecule has 1 unspecified atom stereocenters. The molecule has 3 heterocycles. The number of rotatable bonds is 4. The molecule has 2 N–H and O–H groups in total. The molecule has 1 aliphatic heterocycles. The van der Waals surface area contributed by atoms with Crippen LogP contribution in [0.4, 0.5) is 0 Å². The lowest BCUT2D eigenvalue weighted by Gasteiger charge is -2.39. The number of aromatic nitrogens is 2. The lowest BCUT2D eigenvalue weighted by molar-refractivity contribution is -0.697. The van der Waals surface area contributed by atoms with Gasteiger partial charge in [0.15, 0.2) is 0 Å². The van der Waals surface area contributed by atoms with E-state index in [-0.39, 0.29) is 0 Å². The number of hydrogen-bond donors (Lipinski definition) is 1. The van der Waals surface area contributed by atoms with Gasteiger partial charge in [-0.1, -0.05) is 19.9 Å². The lowest BCUT2D eigenvalue weighted by Crippen LogP contribution is -2.89. The summed E-state index contributed by atoms with van der Waals surface area (Å²) in [6, 6.07) is 6.66. The number of imidazole rings is 1. The Morgan fingerprint density at radius 3 is 2.92 bits per heavy atom. The second-order valence-electron chi connectivity index (χ2n) is 8.10. The zero-order valence-corrected chi connectivity index (χ0v) is 15.3. The molecular weight excluding hydrogens is 312 g/mol. The van der Waals surface area contributed by atoms with E-state index in [1.54, 1.807) is 0 Å². The Hall–Kier alpha value is -1.85. The molecule has 134 valence electrons. The van der Waals surface area contributed by atoms with E-state index >= 15 is 0 Å². The highest BCUT2D eigenvalue weighted by atomic mass is 16.5. The lowest BCUT2D eigenvalue weighted by atomic mass is 9.77. The van der Waals surface area contributed by atoms with Crippen LogP contribution in [0, 0.1) is 5.41 Å². The molecule has 5 heteroatoms. The molecule has 1 aliphatic carbocycles. The Morgan fingerprint density at radius 2 is 2.12 bits per heavy atom. The van der Waals surface area contributed by atoms with Crippen molar-refractivity contribution in [1.29, 1.82) is 0 Å². The fraction of sp³-hybridized carbons (Fsp3) is 0.550. The normalized spacial score (nSPS) is 23.7. The van der Waals surface area contributed by atoms with Crippen LogP contribution in [0.3, 0.4) is 0 Å². The zero-order valence-electron chi connectivity index (χ0n) is 15.3. The standard InChI is InChI=1S/C20H28N4O/c1-20(2)12-16(11-18(13-20)23-7-9-25-10-8-23)21-14-17-15-24-6-4-3-5-19(24)22-17/h3-6,11,15-16,21H,7-10,12-14H2,1-2H3/p+1. The van der Waals surface area contributed by atoms with E-state index < -0.39 is 0 Å². The summed E-state index contributed by atoms with van der Waals surface area (Å²) in [6.07, 6.45) is 9.09. The van der Waals surface area contributed by atoms with Crippen LogP contribution in [-0.2, 0) is 11.3 Å². The van der Waals surface area contributed by atoms with Crippen molar-refractivity contribution in [2.75, 3.05) is 26.3 Å². The summed E-state index contributed by atoms with van der Waals surface area (Å²) in [6.45, 7) is 9.48. The minimum Gasteiger partial charge on any atom is -0.378 e. The smallest absolute Gasteiger partial charge is 0.137 e. The van der Waals surface area contributed by atoms with E-state index in [1.165, 1.54) is 18.5 Å². The van der Waals surface area contributed by atoms with Crippen molar-refractivity contribution in [3.05, 3.63) is 48.1 Å². The molecular formula is C20H29N4O+. The Kier molecular flexibility index (Phi) is 4.52. The fourth-order valence-corrected chi connectivity index (χ4v) is 4.14. The minimum absolute atomic E-state index is 0.350. The van der Waals surface area contributed by atoms with Gasteiger partial charge in [0, 0.05) is 37.6 Å². The van der Waals surface area contributed by atoms with Crippen molar-refractivity contribution < 1.29 is 10.1 Å². The predicted molar refractivity (Wildman–Crippen MR) is 98.1 cm³/mol. The van der Waals surface area contributed by atoms with E-state index in [0.29, 0.717) is 11.5 Å². The van der Waals surface area contributed by atoms with Gasteiger partial charge in [0.2, 0.25) is 0 Å². The first-order chi connectivity index (χ1) is 12.1. The number of morpholine rings is 1. The average molecular weight is 341 g/mol.